The van der Waals surface area contributed by atoms with Crippen LogP contribution in [-0.4, -0.2) is 47.6 Å². The van der Waals surface area contributed by atoms with Crippen molar-refractivity contribution in [3.05, 3.63) is 0 Å². The lowest BCUT2D eigenvalue weighted by molar-refractivity contribution is -0.165. The Balaban J connectivity index is 3.63. The minimum absolute atomic E-state index is 0.246. The van der Waals surface area contributed by atoms with Crippen molar-refractivity contribution in [1.82, 2.24) is 0 Å². The monoisotopic (exact) mass is 346 g/mol. The Morgan fingerprint density at radius 3 is 2.00 bits per heavy atom. The van der Waals surface area contributed by atoms with E-state index < -0.39 is 30.8 Å². The number of carbonyl (C=O) groups excluding carboxylic acids is 2. The number of aliphatic hydroxyl groups excluding tert-OH is 2. The summed E-state index contributed by atoms with van der Waals surface area (Å²) in [7, 11) is 0. The van der Waals surface area contributed by atoms with Crippen LogP contribution in [0.1, 0.15) is 78.1 Å². The van der Waals surface area contributed by atoms with E-state index in [-0.39, 0.29) is 6.61 Å². The Labute approximate surface area is 145 Å². The summed E-state index contributed by atoms with van der Waals surface area (Å²) in [6.07, 6.45) is 8.69. The number of rotatable bonds is 15. The third kappa shape index (κ3) is 13.3. The molecule has 2 N–H and O–H groups in total. The molecule has 6 nitrogen and oxygen atoms in total. The highest BCUT2D eigenvalue weighted by atomic mass is 16.6. The van der Waals surface area contributed by atoms with Crippen LogP contribution in [0.15, 0.2) is 0 Å². The topological polar surface area (TPSA) is 93.1 Å². The summed E-state index contributed by atoms with van der Waals surface area (Å²) in [4.78, 5) is 22.8. The molecule has 0 aromatic rings. The molecule has 0 radical (unpaired) electrons. The van der Waals surface area contributed by atoms with Gasteiger partial charge in [0.1, 0.15) is 12.7 Å². The molecule has 0 aromatic heterocycles. The van der Waals surface area contributed by atoms with Crippen LogP contribution in [0.4, 0.5) is 0 Å². The van der Waals surface area contributed by atoms with Crippen molar-refractivity contribution in [3.8, 4) is 0 Å². The van der Waals surface area contributed by atoms with Crippen LogP contribution in [0.2, 0.25) is 0 Å². The first-order chi connectivity index (χ1) is 11.5. The van der Waals surface area contributed by atoms with Gasteiger partial charge >= 0.3 is 11.9 Å². The van der Waals surface area contributed by atoms with Gasteiger partial charge in [-0.2, -0.15) is 0 Å². The zero-order chi connectivity index (χ0) is 18.2. The molecule has 0 amide bonds. The molecule has 0 spiro atoms. The van der Waals surface area contributed by atoms with Crippen LogP contribution in [-0.2, 0) is 19.1 Å². The minimum atomic E-state index is -1.23. The van der Waals surface area contributed by atoms with Gasteiger partial charge in [-0.1, -0.05) is 58.3 Å². The third-order valence-electron chi connectivity index (χ3n) is 3.74. The standard InChI is InChI=1S/C18H34O6/c1-3-4-5-6-7-8-9-10-11-12-17(21)24-16(13-19)14-23-18(22)15(2)20/h15-16,19-20H,3-14H2,1-2H3. The molecule has 142 valence electrons. The van der Waals surface area contributed by atoms with Gasteiger partial charge < -0.3 is 19.7 Å². The number of ether oxygens (including phenoxy) is 2. The third-order valence-corrected chi connectivity index (χ3v) is 3.74. The Morgan fingerprint density at radius 1 is 0.958 bits per heavy atom. The SMILES string of the molecule is CCCCCCCCCCCC(=O)OC(CO)COC(=O)C(C)O. The largest absolute Gasteiger partial charge is 0.460 e. The molecule has 0 bridgehead atoms. The summed E-state index contributed by atoms with van der Waals surface area (Å²) in [5.74, 6) is -1.20. The first-order valence-corrected chi connectivity index (χ1v) is 9.16. The molecule has 0 aliphatic carbocycles. The van der Waals surface area contributed by atoms with Crippen LogP contribution in [0, 0.1) is 0 Å². The Bertz CT molecular complexity index is 329. The molecule has 0 rings (SSSR count). The fraction of sp³-hybridized carbons (Fsp3) is 0.889. The van der Waals surface area contributed by atoms with Gasteiger partial charge in [-0.25, -0.2) is 4.79 Å². The summed E-state index contributed by atoms with van der Waals surface area (Å²) >= 11 is 0. The van der Waals surface area contributed by atoms with Gasteiger partial charge in [0.25, 0.3) is 0 Å². The second kappa shape index (κ2) is 15.4. The molecule has 6 heteroatoms. The lowest BCUT2D eigenvalue weighted by Gasteiger charge is -2.16. The highest BCUT2D eigenvalue weighted by Crippen LogP contribution is 2.11. The maximum Gasteiger partial charge on any atom is 0.334 e. The molecule has 0 saturated heterocycles. The van der Waals surface area contributed by atoms with Gasteiger partial charge in [0.2, 0.25) is 0 Å². The molecule has 0 heterocycles. The molecule has 2 unspecified atom stereocenters. The minimum Gasteiger partial charge on any atom is -0.460 e. The first-order valence-electron chi connectivity index (χ1n) is 9.16. The highest BCUT2D eigenvalue weighted by molar-refractivity contribution is 5.73. The Hall–Kier alpha value is -1.14. The molecular formula is C18H34O6. The predicted octanol–water partition coefficient (Wildman–Crippen LogP) is 2.74. The molecule has 2 atom stereocenters. The maximum absolute atomic E-state index is 11.7. The van der Waals surface area contributed by atoms with Crippen LogP contribution >= 0.6 is 0 Å². The van der Waals surface area contributed by atoms with Gasteiger partial charge in [0, 0.05) is 6.42 Å². The van der Waals surface area contributed by atoms with Gasteiger partial charge in [-0.3, -0.25) is 4.79 Å². The van der Waals surface area contributed by atoms with Crippen molar-refractivity contribution in [2.24, 2.45) is 0 Å². The maximum atomic E-state index is 11.7. The number of esters is 2. The smallest absolute Gasteiger partial charge is 0.334 e. The number of unbranched alkanes of at least 4 members (excludes halogenated alkanes) is 8. The van der Waals surface area contributed by atoms with E-state index in [4.69, 9.17) is 19.7 Å². The molecule has 24 heavy (non-hydrogen) atoms. The average Bonchev–Trinajstić information content (AvgIpc) is 2.56. The normalized spacial score (nSPS) is 13.3. The number of hydrogen-bond donors (Lipinski definition) is 2. The van der Waals surface area contributed by atoms with E-state index in [0.717, 1.165) is 19.3 Å². The van der Waals surface area contributed by atoms with Crippen molar-refractivity contribution in [1.29, 1.82) is 0 Å². The van der Waals surface area contributed by atoms with E-state index in [0.29, 0.717) is 6.42 Å². The van der Waals surface area contributed by atoms with Crippen LogP contribution in [0.3, 0.4) is 0 Å². The summed E-state index contributed by atoms with van der Waals surface area (Å²) < 4.78 is 9.78. The lowest BCUT2D eigenvalue weighted by Crippen LogP contribution is -2.30. The second-order valence-electron chi connectivity index (χ2n) is 6.18. The van der Waals surface area contributed by atoms with E-state index >= 15 is 0 Å². The van der Waals surface area contributed by atoms with Gasteiger partial charge in [-0.15, -0.1) is 0 Å². The van der Waals surface area contributed by atoms with Crippen molar-refractivity contribution in [2.45, 2.75) is 90.3 Å². The molecule has 0 aliphatic heterocycles. The van der Waals surface area contributed by atoms with Crippen molar-refractivity contribution >= 4 is 11.9 Å². The van der Waals surface area contributed by atoms with E-state index in [2.05, 4.69) is 6.92 Å². The van der Waals surface area contributed by atoms with Crippen molar-refractivity contribution in [2.75, 3.05) is 13.2 Å². The zero-order valence-electron chi connectivity index (χ0n) is 15.2. The van der Waals surface area contributed by atoms with Crippen LogP contribution in [0.5, 0.6) is 0 Å². The molecule has 0 fully saturated rings. The van der Waals surface area contributed by atoms with Gasteiger partial charge in [-0.05, 0) is 13.3 Å². The molecule has 0 saturated carbocycles. The van der Waals surface area contributed by atoms with E-state index in [9.17, 15) is 9.59 Å². The summed E-state index contributed by atoms with van der Waals surface area (Å²) in [6.45, 7) is 2.82. The Kier molecular flexibility index (Phi) is 14.7. The zero-order valence-corrected chi connectivity index (χ0v) is 15.2. The van der Waals surface area contributed by atoms with Crippen molar-refractivity contribution < 1.29 is 29.3 Å². The summed E-state index contributed by atoms with van der Waals surface area (Å²) in [5.41, 5.74) is 0. The molecule has 0 aromatic carbocycles. The highest BCUT2D eigenvalue weighted by Gasteiger charge is 2.17. The van der Waals surface area contributed by atoms with Gasteiger partial charge in [0.05, 0.1) is 6.61 Å². The first kappa shape index (κ1) is 22.9. The molecule has 0 aliphatic rings. The summed E-state index contributed by atoms with van der Waals surface area (Å²) in [5, 5.41) is 18.1. The van der Waals surface area contributed by atoms with E-state index in [1.54, 1.807) is 0 Å². The average molecular weight is 346 g/mol. The summed E-state index contributed by atoms with van der Waals surface area (Å²) in [6, 6.07) is 0. The van der Waals surface area contributed by atoms with Crippen LogP contribution < -0.4 is 0 Å². The lowest BCUT2D eigenvalue weighted by atomic mass is 10.1. The number of carbonyl (C=O) groups is 2. The van der Waals surface area contributed by atoms with Crippen molar-refractivity contribution in [3.63, 3.8) is 0 Å². The quantitative estimate of drug-likeness (QED) is 0.350. The van der Waals surface area contributed by atoms with E-state index in [1.807, 2.05) is 0 Å². The van der Waals surface area contributed by atoms with Crippen LogP contribution in [0.25, 0.3) is 0 Å². The second-order valence-corrected chi connectivity index (χ2v) is 6.18. The fourth-order valence-electron chi connectivity index (χ4n) is 2.24. The predicted molar refractivity (Wildman–Crippen MR) is 91.4 cm³/mol. The number of hydrogen-bond acceptors (Lipinski definition) is 6. The van der Waals surface area contributed by atoms with Gasteiger partial charge in [0.15, 0.2) is 6.10 Å². The Morgan fingerprint density at radius 2 is 1.50 bits per heavy atom. The fourth-order valence-corrected chi connectivity index (χ4v) is 2.24. The number of aliphatic hydroxyl groups is 2. The van der Waals surface area contributed by atoms with E-state index in [1.165, 1.54) is 45.4 Å². The molecular weight excluding hydrogens is 312 g/mol.